The summed E-state index contributed by atoms with van der Waals surface area (Å²) in [6, 6.07) is 0. The van der Waals surface area contributed by atoms with Crippen molar-refractivity contribution in [1.82, 2.24) is 9.80 Å². The minimum absolute atomic E-state index is 0.143. The Bertz CT molecular complexity index is 1030. The van der Waals surface area contributed by atoms with Crippen LogP contribution in [-0.2, 0) is 38.1 Å². The molecule has 0 aromatic rings. The Morgan fingerprint density at radius 2 is 0.895 bits per heavy atom. The van der Waals surface area contributed by atoms with E-state index < -0.39 is 23.9 Å². The van der Waals surface area contributed by atoms with E-state index in [4.69, 9.17) is 18.9 Å². The molecule has 0 N–H and O–H groups in total. The lowest BCUT2D eigenvalue weighted by Crippen LogP contribution is -2.26. The van der Waals surface area contributed by atoms with Crippen molar-refractivity contribution in [3.8, 4) is 0 Å². The maximum atomic E-state index is 13.1. The molecular formula is C28H36N2O8. The molecule has 2 heterocycles. The lowest BCUT2D eigenvalue weighted by molar-refractivity contribution is -0.139. The van der Waals surface area contributed by atoms with E-state index in [9.17, 15) is 19.2 Å². The largest absolute Gasteiger partial charge is 0.465 e. The van der Waals surface area contributed by atoms with Gasteiger partial charge in [-0.05, 0) is 50.4 Å². The van der Waals surface area contributed by atoms with Gasteiger partial charge in [-0.1, -0.05) is 12.2 Å². The molecule has 10 nitrogen and oxygen atoms in total. The van der Waals surface area contributed by atoms with Crippen LogP contribution in [0.5, 0.6) is 0 Å². The van der Waals surface area contributed by atoms with Gasteiger partial charge in [-0.15, -0.1) is 0 Å². The number of carbonyl (C=O) groups is 4. The highest BCUT2D eigenvalue weighted by Crippen LogP contribution is 2.43. The molecule has 4 aliphatic rings. The van der Waals surface area contributed by atoms with Gasteiger partial charge >= 0.3 is 23.9 Å². The van der Waals surface area contributed by atoms with Crippen molar-refractivity contribution >= 4 is 23.9 Å². The predicted octanol–water partition coefficient (Wildman–Crippen LogP) is 2.27. The van der Waals surface area contributed by atoms with Gasteiger partial charge in [0.25, 0.3) is 0 Å². The Morgan fingerprint density at radius 1 is 0.579 bits per heavy atom. The molecule has 0 aromatic carbocycles. The molecule has 0 unspecified atom stereocenters. The van der Waals surface area contributed by atoms with Gasteiger partial charge in [0.05, 0.1) is 50.7 Å². The van der Waals surface area contributed by atoms with Crippen molar-refractivity contribution in [2.45, 2.75) is 38.5 Å². The smallest absolute Gasteiger partial charge is 0.340 e. The summed E-state index contributed by atoms with van der Waals surface area (Å²) in [5, 5.41) is 0. The lowest BCUT2D eigenvalue weighted by atomic mass is 9.85. The van der Waals surface area contributed by atoms with E-state index in [1.807, 2.05) is 0 Å². The molecular weight excluding hydrogens is 492 g/mol. The molecule has 0 aromatic heterocycles. The summed E-state index contributed by atoms with van der Waals surface area (Å²) in [7, 11) is 5.15. The van der Waals surface area contributed by atoms with Gasteiger partial charge in [-0.25, -0.2) is 19.2 Å². The van der Waals surface area contributed by atoms with E-state index in [0.717, 1.165) is 51.9 Å². The van der Waals surface area contributed by atoms with Crippen LogP contribution in [0.3, 0.4) is 0 Å². The summed E-state index contributed by atoms with van der Waals surface area (Å²) in [5.41, 5.74) is 2.05. The van der Waals surface area contributed by atoms with E-state index in [0.29, 0.717) is 24.2 Å². The minimum Gasteiger partial charge on any atom is -0.465 e. The number of allylic oxidation sites excluding steroid dienone is 4. The second kappa shape index (κ2) is 11.9. The number of esters is 4. The summed E-state index contributed by atoms with van der Waals surface area (Å²) >= 11 is 0. The standard InChI is InChI=1S/C28H36N2O8/c1-35-25(31)19-13-17-15-22(30-11-7-8-12-30)24(28(34)38-4)20(26(32)36-2)14-18(17)16-21(23(19)27(33)37-3)29-9-5-6-10-29/h13-14,17-18H,5-12,15-16H2,1-4H3/t17-,18-/m0/s1. The molecule has 206 valence electrons. The second-order valence-electron chi connectivity index (χ2n) is 9.89. The fraction of sp³-hybridized carbons (Fsp3) is 0.571. The van der Waals surface area contributed by atoms with Crippen LogP contribution in [0.4, 0.5) is 0 Å². The van der Waals surface area contributed by atoms with Gasteiger partial charge in [0, 0.05) is 37.6 Å². The molecule has 0 spiro atoms. The topological polar surface area (TPSA) is 112 Å². The minimum atomic E-state index is -0.635. The molecule has 38 heavy (non-hydrogen) atoms. The molecule has 2 aliphatic carbocycles. The molecule has 2 aliphatic heterocycles. The molecule has 4 rings (SSSR count). The van der Waals surface area contributed by atoms with Crippen LogP contribution in [0.1, 0.15) is 38.5 Å². The summed E-state index contributed by atoms with van der Waals surface area (Å²) in [6.45, 7) is 2.94. The highest BCUT2D eigenvalue weighted by atomic mass is 16.5. The zero-order valence-corrected chi connectivity index (χ0v) is 22.5. The molecule has 10 heteroatoms. The van der Waals surface area contributed by atoms with Crippen molar-refractivity contribution in [3.63, 3.8) is 0 Å². The summed E-state index contributed by atoms with van der Waals surface area (Å²) < 4.78 is 20.5. The Balaban J connectivity index is 1.95. The Labute approximate surface area is 222 Å². The highest BCUT2D eigenvalue weighted by Gasteiger charge is 2.41. The number of nitrogens with zero attached hydrogens (tertiary/aromatic N) is 2. The number of fused-ring (bicyclic) bond motifs is 1. The van der Waals surface area contributed by atoms with Gasteiger partial charge in [0.1, 0.15) is 0 Å². The quantitative estimate of drug-likeness (QED) is 0.376. The molecule has 0 saturated carbocycles. The zero-order valence-electron chi connectivity index (χ0n) is 22.5. The first kappa shape index (κ1) is 27.5. The predicted molar refractivity (Wildman–Crippen MR) is 136 cm³/mol. The maximum absolute atomic E-state index is 13.1. The Hall–Kier alpha value is -3.56. The maximum Gasteiger partial charge on any atom is 0.340 e. The van der Waals surface area contributed by atoms with Crippen LogP contribution >= 0.6 is 0 Å². The van der Waals surface area contributed by atoms with E-state index >= 15 is 0 Å². The van der Waals surface area contributed by atoms with Gasteiger partial charge in [0.15, 0.2) is 0 Å². The number of carbonyl (C=O) groups excluding carboxylic acids is 4. The monoisotopic (exact) mass is 528 g/mol. The van der Waals surface area contributed by atoms with Crippen molar-refractivity contribution in [1.29, 1.82) is 0 Å². The molecule has 0 bridgehead atoms. The fourth-order valence-corrected chi connectivity index (χ4v) is 5.99. The van der Waals surface area contributed by atoms with Gasteiger partial charge in [0.2, 0.25) is 0 Å². The van der Waals surface area contributed by atoms with E-state index in [1.54, 1.807) is 12.2 Å². The first-order chi connectivity index (χ1) is 18.3. The highest BCUT2D eigenvalue weighted by molar-refractivity contribution is 6.09. The van der Waals surface area contributed by atoms with Crippen LogP contribution in [0, 0.1) is 11.8 Å². The normalized spacial score (nSPS) is 23.7. The third-order valence-corrected chi connectivity index (χ3v) is 7.85. The van der Waals surface area contributed by atoms with Gasteiger partial charge < -0.3 is 28.7 Å². The van der Waals surface area contributed by atoms with E-state index in [2.05, 4.69) is 9.80 Å². The van der Waals surface area contributed by atoms with Crippen molar-refractivity contribution < 1.29 is 38.1 Å². The number of rotatable bonds is 6. The van der Waals surface area contributed by atoms with Crippen LogP contribution in [0.25, 0.3) is 0 Å². The van der Waals surface area contributed by atoms with E-state index in [1.165, 1.54) is 28.4 Å². The first-order valence-corrected chi connectivity index (χ1v) is 13.1. The number of likely N-dealkylation sites (tertiary alicyclic amines) is 2. The van der Waals surface area contributed by atoms with Crippen LogP contribution in [0.15, 0.2) is 45.8 Å². The molecule has 2 saturated heterocycles. The average Bonchev–Trinajstić information content (AvgIpc) is 3.62. The summed E-state index contributed by atoms with van der Waals surface area (Å²) in [6.07, 6.45) is 8.09. The average molecular weight is 529 g/mol. The van der Waals surface area contributed by atoms with Crippen molar-refractivity contribution in [2.75, 3.05) is 54.6 Å². The van der Waals surface area contributed by atoms with Crippen molar-refractivity contribution in [2.24, 2.45) is 11.8 Å². The van der Waals surface area contributed by atoms with E-state index in [-0.39, 0.29) is 34.1 Å². The number of methoxy groups -OCH3 is 4. The molecule has 2 atom stereocenters. The first-order valence-electron chi connectivity index (χ1n) is 13.1. The SMILES string of the molecule is COC(=O)C1=C[C@H]2CC(N3CCCC3)=C(C(=O)OC)C(C(=O)OC)=C[C@H]2CC(N2CCCC2)=C1C(=O)OC. The van der Waals surface area contributed by atoms with Crippen LogP contribution < -0.4 is 0 Å². The van der Waals surface area contributed by atoms with Crippen molar-refractivity contribution in [3.05, 3.63) is 45.8 Å². The Morgan fingerprint density at radius 3 is 1.18 bits per heavy atom. The Kier molecular flexibility index (Phi) is 8.58. The second-order valence-corrected chi connectivity index (χ2v) is 9.89. The summed E-state index contributed by atoms with van der Waals surface area (Å²) in [5.74, 6) is -3.12. The number of hydrogen-bond acceptors (Lipinski definition) is 10. The third-order valence-electron chi connectivity index (χ3n) is 7.85. The fourth-order valence-electron chi connectivity index (χ4n) is 5.99. The van der Waals surface area contributed by atoms with Crippen LogP contribution in [-0.4, -0.2) is 88.3 Å². The number of ether oxygens (including phenoxy) is 4. The van der Waals surface area contributed by atoms with Crippen LogP contribution in [0.2, 0.25) is 0 Å². The zero-order chi connectivity index (χ0) is 27.4. The molecule has 0 amide bonds. The number of hydrogen-bond donors (Lipinski definition) is 0. The van der Waals surface area contributed by atoms with Gasteiger partial charge in [-0.3, -0.25) is 0 Å². The lowest BCUT2D eigenvalue weighted by Gasteiger charge is -2.28. The third kappa shape index (κ3) is 5.21. The molecule has 0 radical (unpaired) electrons. The molecule has 2 fully saturated rings. The van der Waals surface area contributed by atoms with Gasteiger partial charge in [-0.2, -0.15) is 0 Å². The summed E-state index contributed by atoms with van der Waals surface area (Å²) in [4.78, 5) is 56.7.